The van der Waals surface area contributed by atoms with E-state index in [0.29, 0.717) is 6.04 Å². The lowest BCUT2D eigenvalue weighted by atomic mass is 10.0. The van der Waals surface area contributed by atoms with Gasteiger partial charge in [-0.25, -0.2) is 0 Å². The van der Waals surface area contributed by atoms with E-state index in [1.54, 1.807) is 0 Å². The predicted molar refractivity (Wildman–Crippen MR) is 108 cm³/mol. The number of halogens is 1. The zero-order valence-electron chi connectivity index (χ0n) is 15.0. The summed E-state index contributed by atoms with van der Waals surface area (Å²) >= 11 is 7.80. The van der Waals surface area contributed by atoms with Crippen molar-refractivity contribution < 1.29 is 9.90 Å². The predicted octanol–water partition coefficient (Wildman–Crippen LogP) is 4.44. The molecule has 0 unspecified atom stereocenters. The molecule has 1 saturated heterocycles. The quantitative estimate of drug-likeness (QED) is 0.756. The molecule has 26 heavy (non-hydrogen) atoms. The molecule has 4 nitrogen and oxygen atoms in total. The largest absolute Gasteiger partial charge is 0.480 e. The maximum atomic E-state index is 11.0. The van der Waals surface area contributed by atoms with Gasteiger partial charge in [0.1, 0.15) is 0 Å². The van der Waals surface area contributed by atoms with Gasteiger partial charge in [0.05, 0.1) is 6.54 Å². The number of hydrogen-bond donors (Lipinski definition) is 1. The van der Waals surface area contributed by atoms with Crippen LogP contribution in [0.4, 0.5) is 0 Å². The van der Waals surface area contributed by atoms with Gasteiger partial charge >= 0.3 is 5.97 Å². The summed E-state index contributed by atoms with van der Waals surface area (Å²) in [4.78, 5) is 18.2. The van der Waals surface area contributed by atoms with E-state index in [1.165, 1.54) is 15.3 Å². The summed E-state index contributed by atoms with van der Waals surface area (Å²) < 4.78 is 0. The van der Waals surface area contributed by atoms with Gasteiger partial charge in [-0.15, -0.1) is 11.3 Å². The van der Waals surface area contributed by atoms with Crippen molar-refractivity contribution in [1.29, 1.82) is 0 Å². The fourth-order valence-electron chi connectivity index (χ4n) is 3.57. The van der Waals surface area contributed by atoms with Gasteiger partial charge in [-0.2, -0.15) is 0 Å². The Kier molecular flexibility index (Phi) is 6.70. The Morgan fingerprint density at radius 3 is 2.54 bits per heavy atom. The molecule has 0 aliphatic carbocycles. The number of carboxylic acid groups (broad SMARTS) is 1. The number of benzene rings is 1. The van der Waals surface area contributed by atoms with Crippen LogP contribution in [0, 0.1) is 0 Å². The molecular formula is C20H25ClN2O2S. The minimum Gasteiger partial charge on any atom is -0.480 e. The van der Waals surface area contributed by atoms with E-state index in [1.807, 2.05) is 30.4 Å². The number of aliphatic carboxylic acids is 1. The van der Waals surface area contributed by atoms with Crippen molar-refractivity contribution in [2.24, 2.45) is 0 Å². The smallest absolute Gasteiger partial charge is 0.317 e. The van der Waals surface area contributed by atoms with E-state index in [0.717, 1.165) is 44.0 Å². The monoisotopic (exact) mass is 392 g/mol. The van der Waals surface area contributed by atoms with Crippen LogP contribution in [0.1, 0.15) is 24.6 Å². The lowest BCUT2D eigenvalue weighted by Gasteiger charge is -2.37. The number of carboxylic acids is 1. The first kappa shape index (κ1) is 19.4. The number of thiophene rings is 1. The zero-order chi connectivity index (χ0) is 18.5. The summed E-state index contributed by atoms with van der Waals surface area (Å²) in [6.07, 6.45) is 2.08. The second-order valence-corrected chi connectivity index (χ2v) is 8.34. The van der Waals surface area contributed by atoms with Crippen molar-refractivity contribution in [2.45, 2.75) is 32.4 Å². The van der Waals surface area contributed by atoms with E-state index < -0.39 is 5.97 Å². The first-order valence-electron chi connectivity index (χ1n) is 9.08. The lowest BCUT2D eigenvalue weighted by molar-refractivity contribution is -0.139. The highest BCUT2D eigenvalue weighted by molar-refractivity contribution is 7.15. The molecule has 1 N–H and O–H groups in total. The molecule has 0 bridgehead atoms. The molecule has 2 heterocycles. The van der Waals surface area contributed by atoms with Crippen molar-refractivity contribution >= 4 is 28.9 Å². The molecule has 1 aromatic heterocycles. The lowest BCUT2D eigenvalue weighted by Crippen LogP contribution is -2.46. The second kappa shape index (κ2) is 9.00. The molecule has 3 rings (SSSR count). The molecule has 140 valence electrons. The third kappa shape index (κ3) is 5.07. The maximum absolute atomic E-state index is 11.0. The van der Waals surface area contributed by atoms with Gasteiger partial charge in [0.15, 0.2) is 0 Å². The molecule has 0 radical (unpaired) electrons. The molecule has 1 aliphatic rings. The van der Waals surface area contributed by atoms with Crippen LogP contribution in [-0.4, -0.2) is 53.1 Å². The Hall–Kier alpha value is -1.40. The van der Waals surface area contributed by atoms with Crippen LogP contribution in [0.25, 0.3) is 10.4 Å². The van der Waals surface area contributed by atoms with Crippen molar-refractivity contribution in [3.63, 3.8) is 0 Å². The van der Waals surface area contributed by atoms with E-state index in [-0.39, 0.29) is 6.54 Å². The summed E-state index contributed by atoms with van der Waals surface area (Å²) in [6, 6.07) is 12.8. The zero-order valence-corrected chi connectivity index (χ0v) is 16.6. The SMILES string of the molecule is CCN(CC(=O)O)C1CCN(Cc2ccc(-c3ccc(Cl)cc3)s2)CC1. The van der Waals surface area contributed by atoms with E-state index in [4.69, 9.17) is 16.7 Å². The molecule has 6 heteroatoms. The summed E-state index contributed by atoms with van der Waals surface area (Å²) in [7, 11) is 0. The van der Waals surface area contributed by atoms with Crippen molar-refractivity contribution in [1.82, 2.24) is 9.80 Å². The highest BCUT2D eigenvalue weighted by Gasteiger charge is 2.25. The van der Waals surface area contributed by atoms with Gasteiger partial charge < -0.3 is 5.11 Å². The van der Waals surface area contributed by atoms with Gasteiger partial charge in [-0.1, -0.05) is 30.7 Å². The van der Waals surface area contributed by atoms with E-state index in [9.17, 15) is 4.79 Å². The van der Waals surface area contributed by atoms with Crippen molar-refractivity contribution in [2.75, 3.05) is 26.2 Å². The first-order chi connectivity index (χ1) is 12.5. The Labute approximate surface area is 164 Å². The highest BCUT2D eigenvalue weighted by atomic mass is 35.5. The normalized spacial score (nSPS) is 16.3. The van der Waals surface area contributed by atoms with E-state index in [2.05, 4.69) is 34.1 Å². The average molecular weight is 393 g/mol. The summed E-state index contributed by atoms with van der Waals surface area (Å²) in [5.74, 6) is -0.734. The molecule has 2 aromatic rings. The second-order valence-electron chi connectivity index (χ2n) is 6.74. The van der Waals surface area contributed by atoms with Gasteiger partial charge in [0.25, 0.3) is 0 Å². The summed E-state index contributed by atoms with van der Waals surface area (Å²) in [5.41, 5.74) is 1.21. The molecule has 0 saturated carbocycles. The molecule has 0 atom stereocenters. The average Bonchev–Trinajstić information content (AvgIpc) is 3.09. The van der Waals surface area contributed by atoms with Crippen LogP contribution < -0.4 is 0 Å². The third-order valence-corrected chi connectivity index (χ3v) is 6.36. The third-order valence-electron chi connectivity index (χ3n) is 4.99. The number of hydrogen-bond acceptors (Lipinski definition) is 4. The van der Waals surface area contributed by atoms with Crippen LogP contribution >= 0.6 is 22.9 Å². The highest BCUT2D eigenvalue weighted by Crippen LogP contribution is 2.30. The minimum atomic E-state index is -0.734. The summed E-state index contributed by atoms with van der Waals surface area (Å²) in [5, 5.41) is 9.81. The Balaban J connectivity index is 1.53. The van der Waals surface area contributed by atoms with Crippen molar-refractivity contribution in [3.05, 3.63) is 46.3 Å². The number of likely N-dealkylation sites (tertiary alicyclic amines) is 1. The Morgan fingerprint density at radius 2 is 1.92 bits per heavy atom. The number of rotatable bonds is 7. The first-order valence-corrected chi connectivity index (χ1v) is 10.3. The Morgan fingerprint density at radius 1 is 1.23 bits per heavy atom. The standard InChI is InChI=1S/C20H25ClN2O2S/c1-2-23(14-20(24)25)17-9-11-22(12-10-17)13-18-7-8-19(26-18)15-3-5-16(21)6-4-15/h3-8,17H,2,9-14H2,1H3,(H,24,25). The molecule has 1 fully saturated rings. The van der Waals surface area contributed by atoms with Crippen LogP contribution in [0.5, 0.6) is 0 Å². The molecular weight excluding hydrogens is 368 g/mol. The van der Waals surface area contributed by atoms with Gasteiger partial charge in [0, 0.05) is 40.5 Å². The maximum Gasteiger partial charge on any atom is 0.317 e. The van der Waals surface area contributed by atoms with Crippen LogP contribution in [0.15, 0.2) is 36.4 Å². The molecule has 1 aromatic carbocycles. The molecule has 0 spiro atoms. The van der Waals surface area contributed by atoms with Crippen LogP contribution in [0.3, 0.4) is 0 Å². The number of piperidine rings is 1. The minimum absolute atomic E-state index is 0.149. The Bertz CT molecular complexity index is 724. The van der Waals surface area contributed by atoms with Crippen LogP contribution in [0.2, 0.25) is 5.02 Å². The molecule has 0 amide bonds. The number of carbonyl (C=O) groups is 1. The van der Waals surface area contributed by atoms with Gasteiger partial charge in [-0.3, -0.25) is 14.6 Å². The fourth-order valence-corrected chi connectivity index (χ4v) is 4.75. The number of nitrogens with zero attached hydrogens (tertiary/aromatic N) is 2. The topological polar surface area (TPSA) is 43.8 Å². The summed E-state index contributed by atoms with van der Waals surface area (Å²) in [6.45, 7) is 6.00. The van der Waals surface area contributed by atoms with Crippen molar-refractivity contribution in [3.8, 4) is 10.4 Å². The van der Waals surface area contributed by atoms with E-state index >= 15 is 0 Å². The van der Waals surface area contributed by atoms with Gasteiger partial charge in [0.2, 0.25) is 0 Å². The van der Waals surface area contributed by atoms with Crippen LogP contribution in [-0.2, 0) is 11.3 Å². The van der Waals surface area contributed by atoms with Gasteiger partial charge in [-0.05, 0) is 49.2 Å². The number of likely N-dealkylation sites (N-methyl/N-ethyl adjacent to an activating group) is 1. The fraction of sp³-hybridized carbons (Fsp3) is 0.450. The molecule has 1 aliphatic heterocycles.